The quantitative estimate of drug-likeness (QED) is 0.630. The second-order valence-corrected chi connectivity index (χ2v) is 4.63. The Morgan fingerprint density at radius 1 is 1.41 bits per heavy atom. The second-order valence-electron chi connectivity index (χ2n) is 4.63. The Labute approximate surface area is 104 Å². The standard InChI is InChI=1S/C15H21NO/c1-2-3-4-5-10-15-14-9-7-6-8-13(14)11-12-16(15)17/h5-10,15,17H,2-4,11-12H2,1H3/b10-5+/t15-/m0/s1. The van der Waals surface area contributed by atoms with Crippen LogP contribution in [0.25, 0.3) is 0 Å². The minimum atomic E-state index is 0.0387. The first kappa shape index (κ1) is 12.3. The smallest absolute Gasteiger partial charge is 0.0783 e. The monoisotopic (exact) mass is 231 g/mol. The summed E-state index contributed by atoms with van der Waals surface area (Å²) in [6.07, 6.45) is 8.80. The van der Waals surface area contributed by atoms with Crippen LogP contribution in [0.1, 0.15) is 43.4 Å². The maximum absolute atomic E-state index is 9.95. The van der Waals surface area contributed by atoms with Gasteiger partial charge >= 0.3 is 0 Å². The Morgan fingerprint density at radius 2 is 2.24 bits per heavy atom. The van der Waals surface area contributed by atoms with Gasteiger partial charge in [0.1, 0.15) is 0 Å². The third kappa shape index (κ3) is 2.96. The molecule has 1 heterocycles. The van der Waals surface area contributed by atoms with Gasteiger partial charge in [0.15, 0.2) is 0 Å². The lowest BCUT2D eigenvalue weighted by atomic mass is 9.93. The molecule has 1 aromatic rings. The van der Waals surface area contributed by atoms with Crippen LogP contribution >= 0.6 is 0 Å². The number of allylic oxidation sites excluding steroid dienone is 1. The van der Waals surface area contributed by atoms with Gasteiger partial charge in [0, 0.05) is 6.54 Å². The number of hydroxylamine groups is 2. The van der Waals surface area contributed by atoms with E-state index in [4.69, 9.17) is 0 Å². The molecule has 92 valence electrons. The molecular weight excluding hydrogens is 210 g/mol. The van der Waals surface area contributed by atoms with Crippen LogP contribution in [0, 0.1) is 0 Å². The lowest BCUT2D eigenvalue weighted by Crippen LogP contribution is -2.31. The van der Waals surface area contributed by atoms with Crippen molar-refractivity contribution in [2.45, 2.75) is 38.6 Å². The van der Waals surface area contributed by atoms with E-state index >= 15 is 0 Å². The molecule has 0 fully saturated rings. The van der Waals surface area contributed by atoms with Crippen molar-refractivity contribution >= 4 is 0 Å². The van der Waals surface area contributed by atoms with E-state index in [9.17, 15) is 5.21 Å². The van der Waals surface area contributed by atoms with E-state index in [2.05, 4.69) is 37.3 Å². The van der Waals surface area contributed by atoms with Crippen LogP contribution < -0.4 is 0 Å². The molecule has 0 spiro atoms. The van der Waals surface area contributed by atoms with Gasteiger partial charge in [-0.3, -0.25) is 0 Å². The minimum Gasteiger partial charge on any atom is -0.313 e. The van der Waals surface area contributed by atoms with Crippen LogP contribution in [-0.2, 0) is 6.42 Å². The molecule has 0 saturated heterocycles. The lowest BCUT2D eigenvalue weighted by molar-refractivity contribution is -0.119. The van der Waals surface area contributed by atoms with Gasteiger partial charge in [0.25, 0.3) is 0 Å². The zero-order chi connectivity index (χ0) is 12.1. The van der Waals surface area contributed by atoms with Gasteiger partial charge in [-0.15, -0.1) is 0 Å². The molecule has 1 atom stereocenters. The number of unbranched alkanes of at least 4 members (excludes halogenated alkanes) is 2. The minimum absolute atomic E-state index is 0.0387. The molecule has 1 aliphatic heterocycles. The summed E-state index contributed by atoms with van der Waals surface area (Å²) in [5.41, 5.74) is 2.61. The Bertz CT molecular complexity index is 386. The summed E-state index contributed by atoms with van der Waals surface area (Å²) in [5, 5.41) is 11.4. The van der Waals surface area contributed by atoms with E-state index in [1.807, 2.05) is 6.07 Å². The molecule has 0 amide bonds. The van der Waals surface area contributed by atoms with Gasteiger partial charge in [-0.2, -0.15) is 5.06 Å². The van der Waals surface area contributed by atoms with Crippen molar-refractivity contribution in [2.24, 2.45) is 0 Å². The molecule has 1 N–H and O–H groups in total. The molecule has 0 aromatic heterocycles. The molecule has 0 aliphatic carbocycles. The van der Waals surface area contributed by atoms with Crippen molar-refractivity contribution in [3.63, 3.8) is 0 Å². The number of fused-ring (bicyclic) bond motifs is 1. The van der Waals surface area contributed by atoms with Gasteiger partial charge in [0.2, 0.25) is 0 Å². The van der Waals surface area contributed by atoms with Crippen LogP contribution in [0.3, 0.4) is 0 Å². The fraction of sp³-hybridized carbons (Fsp3) is 0.467. The second kappa shape index (κ2) is 5.99. The Kier molecular flexibility index (Phi) is 4.35. The summed E-state index contributed by atoms with van der Waals surface area (Å²) in [7, 11) is 0. The highest BCUT2D eigenvalue weighted by Crippen LogP contribution is 2.29. The zero-order valence-corrected chi connectivity index (χ0v) is 10.5. The summed E-state index contributed by atoms with van der Waals surface area (Å²) < 4.78 is 0. The normalized spacial score (nSPS) is 20.7. The van der Waals surface area contributed by atoms with E-state index in [-0.39, 0.29) is 6.04 Å². The highest BCUT2D eigenvalue weighted by atomic mass is 16.5. The van der Waals surface area contributed by atoms with Crippen molar-refractivity contribution in [2.75, 3.05) is 6.54 Å². The van der Waals surface area contributed by atoms with E-state index < -0.39 is 0 Å². The number of hydrogen-bond acceptors (Lipinski definition) is 2. The fourth-order valence-electron chi connectivity index (χ4n) is 2.34. The predicted octanol–water partition coefficient (Wildman–Crippen LogP) is 3.72. The number of benzene rings is 1. The Hall–Kier alpha value is -1.12. The Morgan fingerprint density at radius 3 is 3.06 bits per heavy atom. The molecule has 2 nitrogen and oxygen atoms in total. The zero-order valence-electron chi connectivity index (χ0n) is 10.5. The summed E-state index contributed by atoms with van der Waals surface area (Å²) in [5.74, 6) is 0. The molecule has 0 unspecified atom stereocenters. The Balaban J connectivity index is 2.12. The maximum atomic E-state index is 9.95. The van der Waals surface area contributed by atoms with E-state index in [1.165, 1.54) is 29.0 Å². The van der Waals surface area contributed by atoms with Gasteiger partial charge < -0.3 is 5.21 Å². The van der Waals surface area contributed by atoms with Gasteiger partial charge in [-0.25, -0.2) is 0 Å². The van der Waals surface area contributed by atoms with Crippen LogP contribution in [0.5, 0.6) is 0 Å². The summed E-state index contributed by atoms with van der Waals surface area (Å²) in [4.78, 5) is 0. The molecular formula is C15H21NO. The number of hydrogen-bond donors (Lipinski definition) is 1. The van der Waals surface area contributed by atoms with Crippen LogP contribution in [0.2, 0.25) is 0 Å². The SMILES string of the molecule is CCCC/C=C/[C@H]1c2ccccc2CCN1O. The highest BCUT2D eigenvalue weighted by Gasteiger charge is 2.23. The first-order chi connectivity index (χ1) is 8.33. The lowest BCUT2D eigenvalue weighted by Gasteiger charge is -2.30. The summed E-state index contributed by atoms with van der Waals surface area (Å²) in [6, 6.07) is 8.44. The molecule has 2 rings (SSSR count). The molecule has 1 aromatic carbocycles. The van der Waals surface area contributed by atoms with Crippen LogP contribution in [0.4, 0.5) is 0 Å². The third-order valence-electron chi connectivity index (χ3n) is 3.35. The summed E-state index contributed by atoms with van der Waals surface area (Å²) in [6.45, 7) is 2.92. The largest absolute Gasteiger partial charge is 0.313 e. The average Bonchev–Trinajstić information content (AvgIpc) is 2.37. The van der Waals surface area contributed by atoms with E-state index in [0.29, 0.717) is 0 Å². The molecule has 0 bridgehead atoms. The van der Waals surface area contributed by atoms with Gasteiger partial charge in [-0.05, 0) is 24.0 Å². The molecule has 0 saturated carbocycles. The molecule has 2 heteroatoms. The molecule has 0 radical (unpaired) electrons. The summed E-state index contributed by atoms with van der Waals surface area (Å²) >= 11 is 0. The first-order valence-electron chi connectivity index (χ1n) is 6.53. The van der Waals surface area contributed by atoms with Crippen LogP contribution in [-0.4, -0.2) is 16.8 Å². The maximum Gasteiger partial charge on any atom is 0.0783 e. The van der Waals surface area contributed by atoms with E-state index in [0.717, 1.165) is 19.4 Å². The van der Waals surface area contributed by atoms with E-state index in [1.54, 1.807) is 0 Å². The van der Waals surface area contributed by atoms with Crippen molar-refractivity contribution in [3.05, 3.63) is 47.5 Å². The van der Waals surface area contributed by atoms with Crippen molar-refractivity contribution in [1.29, 1.82) is 0 Å². The number of nitrogens with zero attached hydrogens (tertiary/aromatic N) is 1. The van der Waals surface area contributed by atoms with Crippen molar-refractivity contribution in [3.8, 4) is 0 Å². The number of rotatable bonds is 4. The molecule has 1 aliphatic rings. The molecule has 17 heavy (non-hydrogen) atoms. The first-order valence-corrected chi connectivity index (χ1v) is 6.53. The van der Waals surface area contributed by atoms with Crippen molar-refractivity contribution < 1.29 is 5.21 Å². The predicted molar refractivity (Wildman–Crippen MR) is 70.0 cm³/mol. The fourth-order valence-corrected chi connectivity index (χ4v) is 2.34. The average molecular weight is 231 g/mol. The van der Waals surface area contributed by atoms with Gasteiger partial charge in [0.05, 0.1) is 6.04 Å². The topological polar surface area (TPSA) is 23.5 Å². The van der Waals surface area contributed by atoms with Crippen LogP contribution in [0.15, 0.2) is 36.4 Å². The highest BCUT2D eigenvalue weighted by molar-refractivity contribution is 5.34. The third-order valence-corrected chi connectivity index (χ3v) is 3.35. The van der Waals surface area contributed by atoms with Gasteiger partial charge in [-0.1, -0.05) is 56.2 Å². The van der Waals surface area contributed by atoms with Crippen molar-refractivity contribution in [1.82, 2.24) is 5.06 Å².